The second-order valence-electron chi connectivity index (χ2n) is 5.86. The fourth-order valence-corrected chi connectivity index (χ4v) is 3.10. The normalized spacial score (nSPS) is 23.8. The highest BCUT2D eigenvalue weighted by molar-refractivity contribution is 5.74. The molecule has 4 nitrogen and oxygen atoms in total. The topological polar surface area (TPSA) is 44.4 Å². The Morgan fingerprint density at radius 1 is 1.17 bits per heavy atom. The minimum atomic E-state index is 0.0198. The van der Waals surface area contributed by atoms with Crippen LogP contribution in [-0.4, -0.2) is 42.6 Å². The van der Waals surface area contributed by atoms with Crippen molar-refractivity contribution in [3.05, 3.63) is 0 Å². The van der Waals surface area contributed by atoms with Crippen molar-refractivity contribution in [2.24, 2.45) is 0 Å². The van der Waals surface area contributed by atoms with E-state index in [1.165, 1.54) is 45.2 Å². The number of rotatable bonds is 4. The number of hydrogen-bond donors (Lipinski definition) is 2. The molecule has 1 heterocycles. The van der Waals surface area contributed by atoms with Crippen molar-refractivity contribution in [3.63, 3.8) is 0 Å². The monoisotopic (exact) mass is 253 g/mol. The van der Waals surface area contributed by atoms with Gasteiger partial charge in [0.25, 0.3) is 0 Å². The fraction of sp³-hybridized carbons (Fsp3) is 0.929. The highest BCUT2D eigenvalue weighted by Gasteiger charge is 2.19. The molecule has 2 N–H and O–H groups in total. The number of piperidine rings is 1. The number of hydrogen-bond acceptors (Lipinski definition) is 2. The second-order valence-corrected chi connectivity index (χ2v) is 5.86. The van der Waals surface area contributed by atoms with Gasteiger partial charge in [-0.15, -0.1) is 0 Å². The SMILES string of the molecule is CC(CN1CCCCC1)NC(=O)NC1CCCC1. The summed E-state index contributed by atoms with van der Waals surface area (Å²) in [4.78, 5) is 14.3. The maximum absolute atomic E-state index is 11.8. The molecule has 1 saturated heterocycles. The lowest BCUT2D eigenvalue weighted by molar-refractivity contribution is 0.202. The average Bonchev–Trinajstić information content (AvgIpc) is 2.82. The Morgan fingerprint density at radius 3 is 2.50 bits per heavy atom. The van der Waals surface area contributed by atoms with Crippen LogP contribution in [0.2, 0.25) is 0 Å². The minimum Gasteiger partial charge on any atom is -0.335 e. The van der Waals surface area contributed by atoms with E-state index in [0.717, 1.165) is 19.4 Å². The zero-order valence-electron chi connectivity index (χ0n) is 11.6. The van der Waals surface area contributed by atoms with E-state index in [2.05, 4.69) is 22.5 Å². The lowest BCUT2D eigenvalue weighted by atomic mass is 10.1. The average molecular weight is 253 g/mol. The van der Waals surface area contributed by atoms with E-state index < -0.39 is 0 Å². The van der Waals surface area contributed by atoms with Crippen molar-refractivity contribution in [1.82, 2.24) is 15.5 Å². The van der Waals surface area contributed by atoms with Crippen molar-refractivity contribution in [1.29, 1.82) is 0 Å². The van der Waals surface area contributed by atoms with Gasteiger partial charge in [0.2, 0.25) is 0 Å². The Hall–Kier alpha value is -0.770. The largest absolute Gasteiger partial charge is 0.335 e. The first-order chi connectivity index (χ1) is 8.74. The minimum absolute atomic E-state index is 0.0198. The Labute approximate surface area is 110 Å². The third-order valence-corrected chi connectivity index (χ3v) is 4.05. The maximum atomic E-state index is 11.8. The van der Waals surface area contributed by atoms with Gasteiger partial charge in [0, 0.05) is 18.6 Å². The molecule has 104 valence electrons. The van der Waals surface area contributed by atoms with Crippen LogP contribution in [-0.2, 0) is 0 Å². The van der Waals surface area contributed by atoms with E-state index in [4.69, 9.17) is 0 Å². The van der Waals surface area contributed by atoms with Gasteiger partial charge in [0.05, 0.1) is 0 Å². The Kier molecular flexibility index (Phi) is 5.29. The van der Waals surface area contributed by atoms with Crippen LogP contribution >= 0.6 is 0 Å². The van der Waals surface area contributed by atoms with E-state index in [-0.39, 0.29) is 12.1 Å². The number of carbonyl (C=O) groups excluding carboxylic acids is 1. The first kappa shape index (κ1) is 13.7. The van der Waals surface area contributed by atoms with E-state index >= 15 is 0 Å². The highest BCUT2D eigenvalue weighted by Crippen LogP contribution is 2.17. The molecule has 18 heavy (non-hydrogen) atoms. The van der Waals surface area contributed by atoms with Crippen molar-refractivity contribution in [2.45, 2.75) is 64.0 Å². The van der Waals surface area contributed by atoms with E-state index in [1.807, 2.05) is 0 Å². The molecule has 1 saturated carbocycles. The first-order valence-electron chi connectivity index (χ1n) is 7.53. The standard InChI is InChI=1S/C14H27N3O/c1-12(11-17-9-5-2-6-10-17)15-14(18)16-13-7-3-4-8-13/h12-13H,2-11H2,1H3,(H2,15,16,18). The molecule has 2 aliphatic rings. The van der Waals surface area contributed by atoms with Gasteiger partial charge >= 0.3 is 6.03 Å². The number of amides is 2. The summed E-state index contributed by atoms with van der Waals surface area (Å²) in [5.41, 5.74) is 0. The molecule has 0 aromatic rings. The third-order valence-electron chi connectivity index (χ3n) is 4.05. The summed E-state index contributed by atoms with van der Waals surface area (Å²) in [7, 11) is 0. The Balaban J connectivity index is 1.62. The molecule has 1 atom stereocenters. The summed E-state index contributed by atoms with van der Waals surface area (Å²) in [5, 5.41) is 6.14. The summed E-state index contributed by atoms with van der Waals surface area (Å²) in [6.07, 6.45) is 8.78. The van der Waals surface area contributed by atoms with Crippen LogP contribution in [0.25, 0.3) is 0 Å². The first-order valence-corrected chi connectivity index (χ1v) is 7.53. The van der Waals surface area contributed by atoms with Crippen molar-refractivity contribution < 1.29 is 4.79 Å². The molecule has 0 aromatic heterocycles. The van der Waals surface area contributed by atoms with Crippen molar-refractivity contribution >= 4 is 6.03 Å². The highest BCUT2D eigenvalue weighted by atomic mass is 16.2. The molecule has 2 amide bonds. The number of urea groups is 1. The molecule has 2 fully saturated rings. The van der Waals surface area contributed by atoms with Crippen LogP contribution in [0.1, 0.15) is 51.9 Å². The second kappa shape index (κ2) is 6.98. The van der Waals surface area contributed by atoms with Crippen LogP contribution in [0.3, 0.4) is 0 Å². The summed E-state index contributed by atoms with van der Waals surface area (Å²) in [5.74, 6) is 0. The smallest absolute Gasteiger partial charge is 0.315 e. The van der Waals surface area contributed by atoms with Crippen LogP contribution in [0, 0.1) is 0 Å². The lowest BCUT2D eigenvalue weighted by Crippen LogP contribution is -2.49. The van der Waals surface area contributed by atoms with Gasteiger partial charge in [-0.1, -0.05) is 19.3 Å². The predicted molar refractivity (Wildman–Crippen MR) is 73.7 cm³/mol. The van der Waals surface area contributed by atoms with E-state index in [0.29, 0.717) is 6.04 Å². The van der Waals surface area contributed by atoms with Crippen LogP contribution in [0.4, 0.5) is 4.79 Å². The van der Waals surface area contributed by atoms with Crippen LogP contribution in [0.5, 0.6) is 0 Å². The van der Waals surface area contributed by atoms with Gasteiger partial charge in [-0.3, -0.25) is 0 Å². The maximum Gasteiger partial charge on any atom is 0.315 e. The molecular weight excluding hydrogens is 226 g/mol. The summed E-state index contributed by atoms with van der Waals surface area (Å²) in [6.45, 7) is 5.47. The third kappa shape index (κ3) is 4.48. The molecule has 0 bridgehead atoms. The van der Waals surface area contributed by atoms with Gasteiger partial charge in [-0.05, 0) is 45.7 Å². The van der Waals surface area contributed by atoms with Crippen molar-refractivity contribution in [3.8, 4) is 0 Å². The lowest BCUT2D eigenvalue weighted by Gasteiger charge is -2.29. The zero-order valence-corrected chi connectivity index (χ0v) is 11.6. The van der Waals surface area contributed by atoms with Gasteiger partial charge in [0.15, 0.2) is 0 Å². The molecule has 4 heteroatoms. The van der Waals surface area contributed by atoms with Crippen molar-refractivity contribution in [2.75, 3.05) is 19.6 Å². The zero-order chi connectivity index (χ0) is 12.8. The van der Waals surface area contributed by atoms with Crippen LogP contribution in [0.15, 0.2) is 0 Å². The van der Waals surface area contributed by atoms with Gasteiger partial charge in [0.1, 0.15) is 0 Å². The van der Waals surface area contributed by atoms with Gasteiger partial charge < -0.3 is 15.5 Å². The summed E-state index contributed by atoms with van der Waals surface area (Å²) in [6, 6.07) is 0.670. The molecule has 1 unspecified atom stereocenters. The quantitative estimate of drug-likeness (QED) is 0.806. The predicted octanol–water partition coefficient (Wildman–Crippen LogP) is 2.10. The number of nitrogens with one attached hydrogen (secondary N) is 2. The molecule has 1 aliphatic carbocycles. The number of nitrogens with zero attached hydrogens (tertiary/aromatic N) is 1. The fourth-order valence-electron chi connectivity index (χ4n) is 3.10. The molecule has 0 aromatic carbocycles. The van der Waals surface area contributed by atoms with E-state index in [9.17, 15) is 4.79 Å². The molecule has 2 rings (SSSR count). The molecule has 0 spiro atoms. The summed E-state index contributed by atoms with van der Waals surface area (Å²) >= 11 is 0. The van der Waals surface area contributed by atoms with Gasteiger partial charge in [-0.25, -0.2) is 4.79 Å². The summed E-state index contributed by atoms with van der Waals surface area (Å²) < 4.78 is 0. The van der Waals surface area contributed by atoms with Gasteiger partial charge in [-0.2, -0.15) is 0 Å². The van der Waals surface area contributed by atoms with E-state index in [1.54, 1.807) is 0 Å². The number of carbonyl (C=O) groups is 1. The Bertz CT molecular complexity index is 258. The molecular formula is C14H27N3O. The molecule has 1 aliphatic heterocycles. The number of likely N-dealkylation sites (tertiary alicyclic amines) is 1. The van der Waals surface area contributed by atoms with Crippen LogP contribution < -0.4 is 10.6 Å². The molecule has 0 radical (unpaired) electrons. The Morgan fingerprint density at radius 2 is 1.83 bits per heavy atom.